The number of furan rings is 1. The van der Waals surface area contributed by atoms with Crippen LogP contribution in [0.4, 0.5) is 11.4 Å². The topological polar surface area (TPSA) is 25.6 Å². The lowest BCUT2D eigenvalue weighted by molar-refractivity contribution is 0.271. The molecule has 0 radical (unpaired) electrons. The molecule has 2 atom stereocenters. The second-order valence-electron chi connectivity index (χ2n) is 13.5. The minimum Gasteiger partial charge on any atom is -0.484 e. The van der Waals surface area contributed by atoms with Crippen molar-refractivity contribution in [3.8, 4) is 28.0 Å². The van der Waals surface area contributed by atoms with Crippen LogP contribution in [0.1, 0.15) is 11.5 Å². The van der Waals surface area contributed by atoms with Gasteiger partial charge in [0.15, 0.2) is 0 Å². The molecule has 5 aliphatic rings. The van der Waals surface area contributed by atoms with Gasteiger partial charge in [0.25, 0.3) is 0 Å². The average molecular weight is 597 g/mol. The molecular formula is C42H25B2NO2. The highest BCUT2D eigenvalue weighted by Crippen LogP contribution is 2.49. The number of rotatable bonds is 1. The Hall–Kier alpha value is -5.67. The molecule has 4 aliphatic heterocycles. The van der Waals surface area contributed by atoms with E-state index in [-0.39, 0.29) is 25.6 Å². The number of benzene rings is 6. The van der Waals surface area contributed by atoms with Crippen LogP contribution in [0.15, 0.2) is 144 Å². The van der Waals surface area contributed by atoms with E-state index in [1.165, 1.54) is 66.5 Å². The van der Waals surface area contributed by atoms with Crippen molar-refractivity contribution in [2.24, 2.45) is 0 Å². The molecular weight excluding hydrogens is 572 g/mol. The van der Waals surface area contributed by atoms with Gasteiger partial charge in [-0.1, -0.05) is 127 Å². The fourth-order valence-corrected chi connectivity index (χ4v) is 9.42. The normalized spacial score (nSPS) is 18.5. The molecule has 2 unspecified atom stereocenters. The van der Waals surface area contributed by atoms with Crippen LogP contribution >= 0.6 is 0 Å². The van der Waals surface area contributed by atoms with Crippen LogP contribution < -0.4 is 36.9 Å². The summed E-state index contributed by atoms with van der Waals surface area (Å²) in [5.74, 6) is 1.20. The highest BCUT2D eigenvalue weighted by molar-refractivity contribution is 7.01. The molecule has 7 aromatic rings. The summed E-state index contributed by atoms with van der Waals surface area (Å²) < 4.78 is 13.1. The summed E-state index contributed by atoms with van der Waals surface area (Å²) in [7, 11) is 0. The number of anilines is 2. The third kappa shape index (κ3) is 2.97. The van der Waals surface area contributed by atoms with Gasteiger partial charge in [-0.3, -0.25) is 0 Å². The molecule has 1 aliphatic carbocycles. The van der Waals surface area contributed by atoms with E-state index in [0.29, 0.717) is 0 Å². The standard InChI is InChI=1S/C42H25B2NO2/c1-4-14-32-25(9-1)28-12-7-16-34-40(28)45-41-29(26-10-2-5-15-33(26)44(32)45)13-8-17-35(41)43(34)24-19-21-37-31(23-24)39-38(46-37)22-20-30-27-11-3-6-18-36(27)47-42(30)39/h1-23,27,36H. The number of hydrogen-bond donors (Lipinski definition) is 0. The van der Waals surface area contributed by atoms with E-state index in [1.807, 2.05) is 0 Å². The summed E-state index contributed by atoms with van der Waals surface area (Å²) in [5, 5.41) is 2.20. The summed E-state index contributed by atoms with van der Waals surface area (Å²) >= 11 is 0. The van der Waals surface area contributed by atoms with Crippen molar-refractivity contribution in [2.45, 2.75) is 12.0 Å². The van der Waals surface area contributed by atoms with Gasteiger partial charge in [0.1, 0.15) is 23.0 Å². The van der Waals surface area contributed by atoms with Crippen molar-refractivity contribution in [3.63, 3.8) is 0 Å². The maximum absolute atomic E-state index is 6.64. The first-order valence-electron chi connectivity index (χ1n) is 16.6. The minimum atomic E-state index is 0.0310. The van der Waals surface area contributed by atoms with Crippen molar-refractivity contribution in [1.82, 2.24) is 0 Å². The van der Waals surface area contributed by atoms with E-state index in [2.05, 4.69) is 144 Å². The molecule has 3 nitrogen and oxygen atoms in total. The summed E-state index contributed by atoms with van der Waals surface area (Å²) in [6.07, 6.45) is 8.67. The highest BCUT2D eigenvalue weighted by atomic mass is 16.5. The SMILES string of the molecule is C1=CC2Oc3c(ccc4oc5ccc(B6c7cccc8c7N7B(c9ccccc9-8)c8ccccc8-c8cccc6c87)cc5c34)C2C=C1. The van der Waals surface area contributed by atoms with Crippen LogP contribution in [-0.4, -0.2) is 19.7 Å². The molecule has 12 rings (SSSR count). The molecule has 47 heavy (non-hydrogen) atoms. The lowest BCUT2D eigenvalue weighted by atomic mass is 9.32. The summed E-state index contributed by atoms with van der Waals surface area (Å²) in [4.78, 5) is 2.66. The third-order valence-corrected chi connectivity index (χ3v) is 11.3. The Morgan fingerprint density at radius 3 is 1.96 bits per heavy atom. The molecule has 5 heteroatoms. The monoisotopic (exact) mass is 597 g/mol. The zero-order valence-electron chi connectivity index (χ0n) is 25.4. The van der Waals surface area contributed by atoms with Gasteiger partial charge in [-0.25, -0.2) is 0 Å². The Labute approximate surface area is 272 Å². The molecule has 0 saturated heterocycles. The van der Waals surface area contributed by atoms with Crippen molar-refractivity contribution < 1.29 is 9.15 Å². The predicted molar refractivity (Wildman–Crippen MR) is 195 cm³/mol. The van der Waals surface area contributed by atoms with Crippen LogP contribution in [0, 0.1) is 0 Å². The minimum absolute atomic E-state index is 0.0310. The van der Waals surface area contributed by atoms with Crippen LogP contribution in [-0.2, 0) is 0 Å². The summed E-state index contributed by atoms with van der Waals surface area (Å²) in [6.45, 7) is 0.185. The summed E-state index contributed by atoms with van der Waals surface area (Å²) in [5.41, 5.74) is 17.7. The van der Waals surface area contributed by atoms with Gasteiger partial charge in [0.2, 0.25) is 6.71 Å². The number of hydrogen-bond acceptors (Lipinski definition) is 3. The maximum atomic E-state index is 6.64. The van der Waals surface area contributed by atoms with E-state index in [1.54, 1.807) is 0 Å². The second-order valence-corrected chi connectivity index (χ2v) is 13.5. The van der Waals surface area contributed by atoms with Crippen LogP contribution in [0.5, 0.6) is 5.75 Å². The summed E-state index contributed by atoms with van der Waals surface area (Å²) in [6, 6.07) is 43.0. The Morgan fingerprint density at radius 1 is 0.574 bits per heavy atom. The van der Waals surface area contributed by atoms with E-state index < -0.39 is 0 Å². The molecule has 216 valence electrons. The van der Waals surface area contributed by atoms with Gasteiger partial charge >= 0.3 is 6.85 Å². The fraction of sp³-hybridized carbons (Fsp3) is 0.0476. The molecule has 0 bridgehead atoms. The first-order valence-corrected chi connectivity index (χ1v) is 16.6. The molecule has 0 fully saturated rings. The fourth-order valence-electron chi connectivity index (χ4n) is 9.42. The van der Waals surface area contributed by atoms with Gasteiger partial charge in [-0.15, -0.1) is 0 Å². The van der Waals surface area contributed by atoms with E-state index >= 15 is 0 Å². The zero-order chi connectivity index (χ0) is 30.4. The first kappa shape index (κ1) is 24.5. The van der Waals surface area contributed by atoms with Crippen molar-refractivity contribution in [2.75, 3.05) is 4.81 Å². The van der Waals surface area contributed by atoms with Crippen molar-refractivity contribution in [1.29, 1.82) is 0 Å². The zero-order valence-corrected chi connectivity index (χ0v) is 25.4. The second kappa shape index (κ2) is 8.57. The maximum Gasteiger partial charge on any atom is 0.329 e. The Balaban J connectivity index is 1.16. The van der Waals surface area contributed by atoms with Gasteiger partial charge in [0, 0.05) is 39.4 Å². The molecule has 1 aromatic heterocycles. The van der Waals surface area contributed by atoms with Crippen LogP contribution in [0.2, 0.25) is 0 Å². The van der Waals surface area contributed by atoms with Crippen molar-refractivity contribution >= 4 is 74.2 Å². The number of para-hydroxylation sites is 2. The number of nitrogens with zero attached hydrogens (tertiary/aromatic N) is 1. The lowest BCUT2D eigenvalue weighted by Crippen LogP contribution is -2.67. The quantitative estimate of drug-likeness (QED) is 0.208. The number of fused-ring (bicyclic) bond motifs is 13. The smallest absolute Gasteiger partial charge is 0.329 e. The van der Waals surface area contributed by atoms with Gasteiger partial charge in [-0.05, 0) is 51.2 Å². The Morgan fingerprint density at radius 2 is 1.21 bits per heavy atom. The molecule has 0 spiro atoms. The Bertz CT molecular complexity index is 2520. The molecule has 0 N–H and O–H groups in total. The highest BCUT2D eigenvalue weighted by Gasteiger charge is 2.48. The third-order valence-electron chi connectivity index (χ3n) is 11.3. The van der Waals surface area contributed by atoms with E-state index in [4.69, 9.17) is 9.15 Å². The molecule has 0 amide bonds. The number of ether oxygens (including phenoxy) is 1. The van der Waals surface area contributed by atoms with Crippen molar-refractivity contribution in [3.05, 3.63) is 145 Å². The van der Waals surface area contributed by atoms with Gasteiger partial charge in [-0.2, -0.15) is 0 Å². The average Bonchev–Trinajstić information content (AvgIpc) is 3.70. The predicted octanol–water partition coefficient (Wildman–Crippen LogP) is 6.29. The molecule has 5 heterocycles. The molecule has 0 saturated carbocycles. The van der Waals surface area contributed by atoms with Gasteiger partial charge in [0.05, 0.1) is 5.39 Å². The molecule has 6 aromatic carbocycles. The van der Waals surface area contributed by atoms with E-state index in [9.17, 15) is 0 Å². The Kier molecular flexibility index (Phi) is 4.47. The largest absolute Gasteiger partial charge is 0.484 e. The van der Waals surface area contributed by atoms with Gasteiger partial charge < -0.3 is 14.0 Å². The lowest BCUT2D eigenvalue weighted by Gasteiger charge is -2.49. The van der Waals surface area contributed by atoms with Crippen LogP contribution in [0.3, 0.4) is 0 Å². The first-order chi connectivity index (χ1) is 23.3. The van der Waals surface area contributed by atoms with Crippen LogP contribution in [0.25, 0.3) is 44.2 Å². The van der Waals surface area contributed by atoms with E-state index in [0.717, 1.165) is 27.7 Å². The number of allylic oxidation sites excluding steroid dienone is 2.